The summed E-state index contributed by atoms with van der Waals surface area (Å²) >= 11 is 0. The molecular formula is C21H23FN2O4. The van der Waals surface area contributed by atoms with Crippen LogP contribution in [-0.2, 0) is 14.3 Å². The minimum absolute atomic E-state index is 0.216. The third kappa shape index (κ3) is 6.50. The molecule has 148 valence electrons. The van der Waals surface area contributed by atoms with Crippen LogP contribution in [0, 0.1) is 5.82 Å². The molecule has 6 nitrogen and oxygen atoms in total. The number of benzene rings is 2. The third-order valence-corrected chi connectivity index (χ3v) is 4.24. The first-order valence-electron chi connectivity index (χ1n) is 8.98. The summed E-state index contributed by atoms with van der Waals surface area (Å²) in [5.74, 6) is -1.79. The first kappa shape index (κ1) is 21.1. The molecule has 0 fully saturated rings. The van der Waals surface area contributed by atoms with Gasteiger partial charge in [-0.1, -0.05) is 26.0 Å². The van der Waals surface area contributed by atoms with E-state index in [0.29, 0.717) is 11.6 Å². The molecule has 0 saturated heterocycles. The van der Waals surface area contributed by atoms with Crippen LogP contribution in [0.5, 0.6) is 0 Å². The maximum absolute atomic E-state index is 12.8. The molecule has 0 spiro atoms. The molecule has 0 aliphatic heterocycles. The maximum Gasteiger partial charge on any atom is 0.325 e. The molecule has 0 aliphatic rings. The molecule has 28 heavy (non-hydrogen) atoms. The molecule has 0 heterocycles. The zero-order valence-electron chi connectivity index (χ0n) is 15.8. The summed E-state index contributed by atoms with van der Waals surface area (Å²) in [6.45, 7) is 3.38. The maximum atomic E-state index is 12.8. The topological polar surface area (TPSA) is 84.5 Å². The molecule has 0 saturated carbocycles. The summed E-state index contributed by atoms with van der Waals surface area (Å²) < 4.78 is 17.7. The Bertz CT molecular complexity index is 819. The van der Waals surface area contributed by atoms with Crippen LogP contribution >= 0.6 is 0 Å². The van der Waals surface area contributed by atoms with E-state index in [2.05, 4.69) is 24.5 Å². The van der Waals surface area contributed by atoms with Crippen molar-refractivity contribution in [3.05, 3.63) is 65.5 Å². The Balaban J connectivity index is 1.72. The van der Waals surface area contributed by atoms with Crippen LogP contribution in [0.25, 0.3) is 0 Å². The molecule has 0 unspecified atom stereocenters. The van der Waals surface area contributed by atoms with E-state index < -0.39 is 36.8 Å². The van der Waals surface area contributed by atoms with Crippen molar-refractivity contribution in [3.8, 4) is 0 Å². The van der Waals surface area contributed by atoms with Gasteiger partial charge in [-0.05, 0) is 54.3 Å². The first-order chi connectivity index (χ1) is 13.4. The smallest absolute Gasteiger partial charge is 0.325 e. The highest BCUT2D eigenvalue weighted by Crippen LogP contribution is 2.20. The van der Waals surface area contributed by atoms with Gasteiger partial charge in [0.05, 0.1) is 0 Å². The van der Waals surface area contributed by atoms with Gasteiger partial charge >= 0.3 is 5.97 Å². The van der Waals surface area contributed by atoms with Gasteiger partial charge in [0.25, 0.3) is 11.8 Å². The standard InChI is InChI=1S/C21H23FN2O4/c1-3-14(2)15-6-10-18(11-7-15)24-19(25)13-28-20(26)12-23-21(27)16-4-8-17(22)9-5-16/h4-11,14H,3,12-13H2,1-2H3,(H,23,27)(H,24,25)/t14-/m0/s1. The zero-order valence-corrected chi connectivity index (χ0v) is 15.8. The Hall–Kier alpha value is -3.22. The van der Waals surface area contributed by atoms with E-state index in [1.54, 1.807) is 12.1 Å². The lowest BCUT2D eigenvalue weighted by molar-refractivity contribution is -0.146. The van der Waals surface area contributed by atoms with Gasteiger partial charge in [0.1, 0.15) is 12.4 Å². The van der Waals surface area contributed by atoms with Gasteiger partial charge in [0, 0.05) is 11.3 Å². The SMILES string of the molecule is CC[C@H](C)c1ccc(NC(=O)COC(=O)CNC(=O)c2ccc(F)cc2)cc1. The molecule has 7 heteroatoms. The molecule has 2 N–H and O–H groups in total. The van der Waals surface area contributed by atoms with Crippen LogP contribution in [0.4, 0.5) is 10.1 Å². The molecule has 2 rings (SSSR count). The highest BCUT2D eigenvalue weighted by atomic mass is 19.1. The number of esters is 1. The van der Waals surface area contributed by atoms with E-state index >= 15 is 0 Å². The Morgan fingerprint density at radius 3 is 2.29 bits per heavy atom. The minimum Gasteiger partial charge on any atom is -0.454 e. The zero-order chi connectivity index (χ0) is 20.5. The number of nitrogens with one attached hydrogen (secondary N) is 2. The molecule has 0 bridgehead atoms. The van der Waals surface area contributed by atoms with E-state index in [-0.39, 0.29) is 5.56 Å². The van der Waals surface area contributed by atoms with Gasteiger partial charge in [-0.15, -0.1) is 0 Å². The lowest BCUT2D eigenvalue weighted by atomic mass is 9.99. The number of carbonyl (C=O) groups excluding carboxylic acids is 3. The normalized spacial score (nSPS) is 11.4. The van der Waals surface area contributed by atoms with E-state index in [1.165, 1.54) is 17.7 Å². The average Bonchev–Trinajstić information content (AvgIpc) is 2.71. The van der Waals surface area contributed by atoms with Crippen molar-refractivity contribution in [2.75, 3.05) is 18.5 Å². The summed E-state index contributed by atoms with van der Waals surface area (Å²) in [5.41, 5.74) is 2.01. The van der Waals surface area contributed by atoms with Crippen LogP contribution in [0.3, 0.4) is 0 Å². The Morgan fingerprint density at radius 1 is 1.04 bits per heavy atom. The number of halogens is 1. The quantitative estimate of drug-likeness (QED) is 0.682. The molecule has 0 aliphatic carbocycles. The molecule has 1 atom stereocenters. The summed E-state index contributed by atoms with van der Waals surface area (Å²) in [6, 6.07) is 12.4. The van der Waals surface area contributed by atoms with Gasteiger partial charge in [0.2, 0.25) is 0 Å². The van der Waals surface area contributed by atoms with E-state index in [9.17, 15) is 18.8 Å². The predicted molar refractivity (Wildman–Crippen MR) is 103 cm³/mol. The number of rotatable bonds is 8. The second kappa shape index (κ2) is 10.2. The highest BCUT2D eigenvalue weighted by Gasteiger charge is 2.11. The number of carbonyl (C=O) groups is 3. The van der Waals surface area contributed by atoms with Gasteiger partial charge in [-0.2, -0.15) is 0 Å². The van der Waals surface area contributed by atoms with Crippen molar-refractivity contribution >= 4 is 23.5 Å². The van der Waals surface area contributed by atoms with Crippen LogP contribution < -0.4 is 10.6 Å². The Morgan fingerprint density at radius 2 is 1.68 bits per heavy atom. The molecule has 2 aromatic carbocycles. The van der Waals surface area contributed by atoms with Gasteiger partial charge in [-0.3, -0.25) is 14.4 Å². The lowest BCUT2D eigenvalue weighted by Gasteiger charge is -2.11. The summed E-state index contributed by atoms with van der Waals surface area (Å²) in [4.78, 5) is 35.4. The fourth-order valence-electron chi connectivity index (χ4n) is 2.38. The van der Waals surface area contributed by atoms with E-state index in [0.717, 1.165) is 18.6 Å². The van der Waals surface area contributed by atoms with E-state index in [1.807, 2.05) is 12.1 Å². The summed E-state index contributed by atoms with van der Waals surface area (Å²) in [7, 11) is 0. The lowest BCUT2D eigenvalue weighted by Crippen LogP contribution is -2.32. The number of ether oxygens (including phenoxy) is 1. The van der Waals surface area contributed by atoms with Crippen molar-refractivity contribution in [2.24, 2.45) is 0 Å². The van der Waals surface area contributed by atoms with Crippen molar-refractivity contribution < 1.29 is 23.5 Å². The van der Waals surface area contributed by atoms with Crippen LogP contribution in [0.2, 0.25) is 0 Å². The monoisotopic (exact) mass is 386 g/mol. The predicted octanol–water partition coefficient (Wildman–Crippen LogP) is 3.25. The number of anilines is 1. The summed E-state index contributed by atoms with van der Waals surface area (Å²) in [6.07, 6.45) is 1.03. The number of hydrogen-bond acceptors (Lipinski definition) is 4. The number of hydrogen-bond donors (Lipinski definition) is 2. The second-order valence-corrected chi connectivity index (χ2v) is 6.33. The average molecular weight is 386 g/mol. The molecule has 2 aromatic rings. The van der Waals surface area contributed by atoms with Gasteiger partial charge in [-0.25, -0.2) is 4.39 Å². The highest BCUT2D eigenvalue weighted by molar-refractivity contribution is 5.96. The second-order valence-electron chi connectivity index (χ2n) is 6.33. The Kier molecular flexibility index (Phi) is 7.68. The van der Waals surface area contributed by atoms with Gasteiger partial charge in [0.15, 0.2) is 6.61 Å². The molecule has 0 aromatic heterocycles. The Labute approximate surface area is 163 Å². The van der Waals surface area contributed by atoms with Crippen molar-refractivity contribution in [1.29, 1.82) is 0 Å². The fraction of sp³-hybridized carbons (Fsp3) is 0.286. The van der Waals surface area contributed by atoms with Crippen LogP contribution in [-0.4, -0.2) is 30.9 Å². The molecule has 2 amide bonds. The summed E-state index contributed by atoms with van der Waals surface area (Å²) in [5, 5.41) is 4.98. The largest absolute Gasteiger partial charge is 0.454 e. The van der Waals surface area contributed by atoms with Crippen LogP contribution in [0.15, 0.2) is 48.5 Å². The van der Waals surface area contributed by atoms with Crippen molar-refractivity contribution in [2.45, 2.75) is 26.2 Å². The minimum atomic E-state index is -0.752. The van der Waals surface area contributed by atoms with Crippen molar-refractivity contribution in [3.63, 3.8) is 0 Å². The van der Waals surface area contributed by atoms with Crippen molar-refractivity contribution in [1.82, 2.24) is 5.32 Å². The molecule has 0 radical (unpaired) electrons. The van der Waals surface area contributed by atoms with Gasteiger partial charge < -0.3 is 15.4 Å². The third-order valence-electron chi connectivity index (χ3n) is 4.24. The fourth-order valence-corrected chi connectivity index (χ4v) is 2.38. The number of amides is 2. The molecular weight excluding hydrogens is 363 g/mol. The van der Waals surface area contributed by atoms with Crippen LogP contribution in [0.1, 0.15) is 42.1 Å². The van der Waals surface area contributed by atoms with E-state index in [4.69, 9.17) is 4.74 Å². The first-order valence-corrected chi connectivity index (χ1v) is 8.98.